The molecule has 17 heavy (non-hydrogen) atoms. The Hall–Kier alpha value is -0.730. The van der Waals surface area contributed by atoms with E-state index < -0.39 is 0 Å². The summed E-state index contributed by atoms with van der Waals surface area (Å²) in [6.45, 7) is 6.92. The molecule has 2 nitrogen and oxygen atoms in total. The average Bonchev–Trinajstić information content (AvgIpc) is 2.48. The molecule has 0 fully saturated rings. The van der Waals surface area contributed by atoms with Crippen molar-refractivity contribution >= 4 is 11.6 Å². The maximum Gasteiger partial charge on any atom is 0.123 e. The van der Waals surface area contributed by atoms with Crippen LogP contribution in [0.4, 0.5) is 0 Å². The van der Waals surface area contributed by atoms with Gasteiger partial charge < -0.3 is 10.5 Å². The number of fused-ring (bicyclic) bond motifs is 1. The first-order valence-electron chi connectivity index (χ1n) is 6.20. The van der Waals surface area contributed by atoms with Crippen molar-refractivity contribution in [2.24, 2.45) is 5.73 Å². The lowest BCUT2D eigenvalue weighted by molar-refractivity contribution is 0.315. The molecule has 2 unspecified atom stereocenters. The molecular formula is C14H20ClNO. The van der Waals surface area contributed by atoms with E-state index in [0.29, 0.717) is 5.92 Å². The molecule has 0 aliphatic carbocycles. The molecule has 0 saturated heterocycles. The van der Waals surface area contributed by atoms with Gasteiger partial charge in [-0.3, -0.25) is 0 Å². The molecule has 2 N–H and O–H groups in total. The van der Waals surface area contributed by atoms with Crippen molar-refractivity contribution in [2.75, 3.05) is 6.61 Å². The maximum absolute atomic E-state index is 6.34. The summed E-state index contributed by atoms with van der Waals surface area (Å²) >= 11 is 6.34. The zero-order valence-electron chi connectivity index (χ0n) is 10.7. The SMILES string of the molecule is Cc1cc2c(c(C)c1Cl)C(C(C)N)CCCO2. The summed E-state index contributed by atoms with van der Waals surface area (Å²) in [5.41, 5.74) is 9.53. The molecule has 94 valence electrons. The number of hydrogen-bond acceptors (Lipinski definition) is 2. The topological polar surface area (TPSA) is 35.2 Å². The van der Waals surface area contributed by atoms with Crippen molar-refractivity contribution in [1.29, 1.82) is 0 Å². The fourth-order valence-corrected chi connectivity index (χ4v) is 2.83. The standard InChI is InChI=1S/C14H20ClNO/c1-8-7-12-13(9(2)14(8)15)11(10(3)16)5-4-6-17-12/h7,10-11H,4-6,16H2,1-3H3. The van der Waals surface area contributed by atoms with Crippen LogP contribution in [0.2, 0.25) is 5.02 Å². The number of rotatable bonds is 1. The highest BCUT2D eigenvalue weighted by Gasteiger charge is 2.26. The molecule has 2 rings (SSSR count). The van der Waals surface area contributed by atoms with Crippen LogP contribution >= 0.6 is 11.6 Å². The fraction of sp³-hybridized carbons (Fsp3) is 0.571. The van der Waals surface area contributed by atoms with Crippen LogP contribution in [-0.2, 0) is 0 Å². The zero-order chi connectivity index (χ0) is 12.6. The summed E-state index contributed by atoms with van der Waals surface area (Å²) in [6, 6.07) is 2.18. The molecule has 1 aromatic carbocycles. The van der Waals surface area contributed by atoms with E-state index in [1.807, 2.05) is 13.0 Å². The molecule has 1 aliphatic rings. The number of nitrogens with two attached hydrogens (primary N) is 1. The number of hydrogen-bond donors (Lipinski definition) is 1. The van der Waals surface area contributed by atoms with E-state index in [0.717, 1.165) is 41.3 Å². The van der Waals surface area contributed by atoms with Gasteiger partial charge in [-0.25, -0.2) is 0 Å². The van der Waals surface area contributed by atoms with Crippen molar-refractivity contribution in [2.45, 2.75) is 45.6 Å². The van der Waals surface area contributed by atoms with Crippen LogP contribution < -0.4 is 10.5 Å². The Morgan fingerprint density at radius 1 is 1.47 bits per heavy atom. The van der Waals surface area contributed by atoms with Crippen molar-refractivity contribution in [3.05, 3.63) is 27.8 Å². The second kappa shape index (κ2) is 4.87. The fourth-order valence-electron chi connectivity index (χ4n) is 2.67. The van der Waals surface area contributed by atoms with Gasteiger partial charge >= 0.3 is 0 Å². The van der Waals surface area contributed by atoms with Gasteiger partial charge in [-0.2, -0.15) is 0 Å². The molecule has 1 heterocycles. The van der Waals surface area contributed by atoms with Crippen molar-refractivity contribution in [3.8, 4) is 5.75 Å². The Morgan fingerprint density at radius 3 is 2.82 bits per heavy atom. The Morgan fingerprint density at radius 2 is 2.18 bits per heavy atom. The second-order valence-electron chi connectivity index (χ2n) is 5.00. The third kappa shape index (κ3) is 2.29. The summed E-state index contributed by atoms with van der Waals surface area (Å²) in [5, 5.41) is 0.847. The molecule has 0 aromatic heterocycles. The predicted molar refractivity (Wildman–Crippen MR) is 72.0 cm³/mol. The summed E-state index contributed by atoms with van der Waals surface area (Å²) < 4.78 is 5.83. The minimum Gasteiger partial charge on any atom is -0.493 e. The van der Waals surface area contributed by atoms with E-state index in [1.54, 1.807) is 0 Å². The monoisotopic (exact) mass is 253 g/mol. The average molecular weight is 254 g/mol. The van der Waals surface area contributed by atoms with E-state index in [4.69, 9.17) is 22.1 Å². The van der Waals surface area contributed by atoms with E-state index >= 15 is 0 Å². The maximum atomic E-state index is 6.34. The zero-order valence-corrected chi connectivity index (χ0v) is 11.5. The molecule has 1 aliphatic heterocycles. The van der Waals surface area contributed by atoms with Gasteiger partial charge in [0.2, 0.25) is 0 Å². The van der Waals surface area contributed by atoms with E-state index in [-0.39, 0.29) is 6.04 Å². The number of benzene rings is 1. The number of ether oxygens (including phenoxy) is 1. The van der Waals surface area contributed by atoms with Crippen LogP contribution in [0.15, 0.2) is 6.07 Å². The normalized spacial score (nSPS) is 21.4. The minimum absolute atomic E-state index is 0.132. The molecule has 0 amide bonds. The smallest absolute Gasteiger partial charge is 0.123 e. The first kappa shape index (κ1) is 12.7. The van der Waals surface area contributed by atoms with E-state index in [1.165, 1.54) is 5.56 Å². The quantitative estimate of drug-likeness (QED) is 0.831. The third-order valence-electron chi connectivity index (χ3n) is 3.62. The number of aryl methyl sites for hydroxylation is 1. The highest BCUT2D eigenvalue weighted by atomic mass is 35.5. The van der Waals surface area contributed by atoms with E-state index in [9.17, 15) is 0 Å². The summed E-state index contributed by atoms with van der Waals surface area (Å²) in [5.74, 6) is 1.33. The van der Waals surface area contributed by atoms with Crippen LogP contribution in [0, 0.1) is 13.8 Å². The second-order valence-corrected chi connectivity index (χ2v) is 5.38. The summed E-state index contributed by atoms with van der Waals surface area (Å²) in [6.07, 6.45) is 2.13. The van der Waals surface area contributed by atoms with Gasteiger partial charge in [0.15, 0.2) is 0 Å². The Labute approximate surface area is 108 Å². The van der Waals surface area contributed by atoms with Crippen LogP contribution in [0.1, 0.15) is 42.4 Å². The highest BCUT2D eigenvalue weighted by molar-refractivity contribution is 6.32. The van der Waals surface area contributed by atoms with Gasteiger partial charge in [0.1, 0.15) is 5.75 Å². The van der Waals surface area contributed by atoms with Crippen LogP contribution in [0.5, 0.6) is 5.75 Å². The van der Waals surface area contributed by atoms with Gasteiger partial charge in [-0.1, -0.05) is 11.6 Å². The molecule has 3 heteroatoms. The molecule has 0 radical (unpaired) electrons. The van der Waals surface area contributed by atoms with Crippen molar-refractivity contribution in [1.82, 2.24) is 0 Å². The Bertz CT molecular complexity index is 429. The highest BCUT2D eigenvalue weighted by Crippen LogP contribution is 2.41. The van der Waals surface area contributed by atoms with Crippen molar-refractivity contribution in [3.63, 3.8) is 0 Å². The Balaban J connectivity index is 2.60. The summed E-state index contributed by atoms with van der Waals surface area (Å²) in [7, 11) is 0. The van der Waals surface area contributed by atoms with Gasteiger partial charge in [0.25, 0.3) is 0 Å². The first-order valence-corrected chi connectivity index (χ1v) is 6.58. The van der Waals surface area contributed by atoms with Gasteiger partial charge in [0, 0.05) is 22.5 Å². The number of halogens is 1. The lowest BCUT2D eigenvalue weighted by atomic mass is 9.85. The van der Waals surface area contributed by atoms with Crippen LogP contribution in [-0.4, -0.2) is 12.6 Å². The Kier molecular flexibility index (Phi) is 3.64. The largest absolute Gasteiger partial charge is 0.493 e. The van der Waals surface area contributed by atoms with Crippen LogP contribution in [0.3, 0.4) is 0 Å². The molecule has 2 atom stereocenters. The minimum atomic E-state index is 0.132. The van der Waals surface area contributed by atoms with Gasteiger partial charge in [-0.05, 0) is 50.8 Å². The molecular weight excluding hydrogens is 234 g/mol. The first-order chi connectivity index (χ1) is 8.02. The molecule has 0 bridgehead atoms. The van der Waals surface area contributed by atoms with Gasteiger partial charge in [-0.15, -0.1) is 0 Å². The summed E-state index contributed by atoms with van der Waals surface area (Å²) in [4.78, 5) is 0. The lowest BCUT2D eigenvalue weighted by Gasteiger charge is -2.23. The van der Waals surface area contributed by atoms with E-state index in [2.05, 4.69) is 13.8 Å². The van der Waals surface area contributed by atoms with Crippen LogP contribution in [0.25, 0.3) is 0 Å². The molecule has 1 aromatic rings. The third-order valence-corrected chi connectivity index (χ3v) is 4.20. The molecule has 0 saturated carbocycles. The molecule has 0 spiro atoms. The lowest BCUT2D eigenvalue weighted by Crippen LogP contribution is -2.25. The van der Waals surface area contributed by atoms with Gasteiger partial charge in [0.05, 0.1) is 6.61 Å². The predicted octanol–water partition coefficient (Wildman–Crippen LogP) is 3.56. The van der Waals surface area contributed by atoms with Crippen molar-refractivity contribution < 1.29 is 4.74 Å².